The largest absolute Gasteiger partial charge is 0.505 e. The van der Waals surface area contributed by atoms with E-state index in [-0.39, 0.29) is 11.8 Å². The Labute approximate surface area is 189 Å². The van der Waals surface area contributed by atoms with Crippen molar-refractivity contribution in [3.8, 4) is 5.75 Å². The van der Waals surface area contributed by atoms with Crippen molar-refractivity contribution in [2.45, 2.75) is 32.7 Å². The molecule has 0 aliphatic carbocycles. The number of aromatic hydroxyl groups is 1. The van der Waals surface area contributed by atoms with Crippen molar-refractivity contribution in [3.05, 3.63) is 90.3 Å². The van der Waals surface area contributed by atoms with E-state index in [0.717, 1.165) is 48.3 Å². The Balaban J connectivity index is 1.74. The summed E-state index contributed by atoms with van der Waals surface area (Å²) in [6, 6.07) is 21.9. The second kappa shape index (κ2) is 10.1. The van der Waals surface area contributed by atoms with Gasteiger partial charge in [0.1, 0.15) is 17.1 Å². The molecule has 32 heavy (non-hydrogen) atoms. The summed E-state index contributed by atoms with van der Waals surface area (Å²) >= 11 is 0. The molecule has 0 spiro atoms. The number of benzene rings is 2. The summed E-state index contributed by atoms with van der Waals surface area (Å²) < 4.78 is 0. The molecular weight excluding hydrogens is 396 g/mol. The van der Waals surface area contributed by atoms with Crippen molar-refractivity contribution in [2.24, 2.45) is 0 Å². The van der Waals surface area contributed by atoms with Gasteiger partial charge in [0.2, 0.25) is 0 Å². The predicted octanol–water partition coefficient (Wildman–Crippen LogP) is 6.16. The number of phenols is 1. The topological polar surface area (TPSA) is 61.3 Å². The van der Waals surface area contributed by atoms with Crippen LogP contribution in [0.2, 0.25) is 0 Å². The molecule has 2 aromatic carbocycles. The van der Waals surface area contributed by atoms with Crippen molar-refractivity contribution in [2.75, 3.05) is 23.3 Å². The molecule has 4 rings (SSSR count). The smallest absolute Gasteiger partial charge is 0.147 e. The first-order valence-electron chi connectivity index (χ1n) is 11.3. The van der Waals surface area contributed by atoms with Crippen LogP contribution >= 0.6 is 0 Å². The van der Waals surface area contributed by atoms with Gasteiger partial charge in [-0.15, -0.1) is 0 Å². The molecule has 164 valence electrons. The monoisotopic (exact) mass is 426 g/mol. The average Bonchev–Trinajstić information content (AvgIpc) is 2.84. The van der Waals surface area contributed by atoms with Gasteiger partial charge in [-0.05, 0) is 48.7 Å². The van der Waals surface area contributed by atoms with E-state index in [9.17, 15) is 5.11 Å². The summed E-state index contributed by atoms with van der Waals surface area (Å²) in [6.07, 6.45) is 5.70. The number of fused-ring (bicyclic) bond motifs is 1. The number of nitrogens with zero attached hydrogens (tertiary/aromatic N) is 3. The Bertz CT molecular complexity index is 1140. The van der Waals surface area contributed by atoms with Gasteiger partial charge in [0, 0.05) is 42.1 Å². The third-order valence-electron chi connectivity index (χ3n) is 5.63. The summed E-state index contributed by atoms with van der Waals surface area (Å²) in [5.74, 6) is 0.944. The molecule has 0 saturated heterocycles. The average molecular weight is 427 g/mol. The molecule has 0 fully saturated rings. The first-order chi connectivity index (χ1) is 15.7. The number of nitrogens with one attached hydrogen (secondary N) is 1. The quantitative estimate of drug-likeness (QED) is 0.335. The van der Waals surface area contributed by atoms with Gasteiger partial charge in [0.25, 0.3) is 0 Å². The summed E-state index contributed by atoms with van der Waals surface area (Å²) in [5.41, 5.74) is 3.65. The molecule has 2 aromatic heterocycles. The highest BCUT2D eigenvalue weighted by Gasteiger charge is 2.20. The lowest BCUT2D eigenvalue weighted by molar-refractivity contribution is 0.471. The maximum absolute atomic E-state index is 11.1. The molecule has 0 bridgehead atoms. The number of pyridine rings is 2. The molecule has 1 atom stereocenters. The normalized spacial score (nSPS) is 11.9. The SMILES string of the molecule is CCCN(CCC)c1ccc(C(Nc2ccccn2)c2ccc3cccnc3c2O)cc1. The first-order valence-corrected chi connectivity index (χ1v) is 11.3. The fraction of sp³-hybridized carbons (Fsp3) is 0.259. The van der Waals surface area contributed by atoms with E-state index in [2.05, 4.69) is 58.3 Å². The number of anilines is 2. The van der Waals surface area contributed by atoms with Crippen molar-refractivity contribution in [1.82, 2.24) is 9.97 Å². The van der Waals surface area contributed by atoms with Crippen LogP contribution < -0.4 is 10.2 Å². The zero-order chi connectivity index (χ0) is 22.3. The van der Waals surface area contributed by atoms with Gasteiger partial charge >= 0.3 is 0 Å². The van der Waals surface area contributed by atoms with Crippen LogP contribution in [0, 0.1) is 0 Å². The molecule has 0 saturated carbocycles. The van der Waals surface area contributed by atoms with Crippen molar-refractivity contribution in [3.63, 3.8) is 0 Å². The van der Waals surface area contributed by atoms with Crippen LogP contribution in [0.1, 0.15) is 43.9 Å². The van der Waals surface area contributed by atoms with Crippen molar-refractivity contribution in [1.29, 1.82) is 0 Å². The fourth-order valence-corrected chi connectivity index (χ4v) is 4.10. The molecule has 2 heterocycles. The molecule has 1 unspecified atom stereocenters. The molecule has 0 radical (unpaired) electrons. The second-order valence-electron chi connectivity index (χ2n) is 7.95. The van der Waals surface area contributed by atoms with Crippen LogP contribution in [0.15, 0.2) is 79.1 Å². The number of rotatable bonds is 9. The highest BCUT2D eigenvalue weighted by molar-refractivity contribution is 5.86. The number of hydrogen-bond donors (Lipinski definition) is 2. The lowest BCUT2D eigenvalue weighted by Gasteiger charge is -2.26. The Kier molecular flexibility index (Phi) is 6.85. The fourth-order valence-electron chi connectivity index (χ4n) is 4.10. The van der Waals surface area contributed by atoms with Crippen LogP contribution in [0.4, 0.5) is 11.5 Å². The highest BCUT2D eigenvalue weighted by atomic mass is 16.3. The lowest BCUT2D eigenvalue weighted by Crippen LogP contribution is -2.24. The van der Waals surface area contributed by atoms with Crippen LogP contribution in [-0.2, 0) is 0 Å². The Morgan fingerprint density at radius 2 is 1.59 bits per heavy atom. The molecule has 2 N–H and O–H groups in total. The van der Waals surface area contributed by atoms with Crippen molar-refractivity contribution >= 4 is 22.4 Å². The van der Waals surface area contributed by atoms with Gasteiger partial charge in [-0.3, -0.25) is 4.98 Å². The van der Waals surface area contributed by atoms with Gasteiger partial charge in [0.05, 0.1) is 6.04 Å². The van der Waals surface area contributed by atoms with E-state index in [4.69, 9.17) is 0 Å². The third-order valence-corrected chi connectivity index (χ3v) is 5.63. The first kappa shape index (κ1) is 21.6. The van der Waals surface area contributed by atoms with Crippen molar-refractivity contribution < 1.29 is 5.11 Å². The van der Waals surface area contributed by atoms with Gasteiger partial charge in [0.15, 0.2) is 0 Å². The summed E-state index contributed by atoms with van der Waals surface area (Å²) in [4.78, 5) is 11.3. The minimum absolute atomic E-state index is 0.194. The molecule has 5 heteroatoms. The van der Waals surface area contributed by atoms with Gasteiger partial charge in [-0.2, -0.15) is 0 Å². The molecule has 4 aromatic rings. The zero-order valence-electron chi connectivity index (χ0n) is 18.7. The lowest BCUT2D eigenvalue weighted by atomic mass is 9.96. The zero-order valence-corrected chi connectivity index (χ0v) is 18.7. The Hall–Kier alpha value is -3.60. The van der Waals surface area contributed by atoms with Gasteiger partial charge < -0.3 is 15.3 Å². The molecule has 0 aliphatic heterocycles. The summed E-state index contributed by atoms with van der Waals surface area (Å²) in [7, 11) is 0. The molecule has 0 amide bonds. The van der Waals surface area contributed by atoms with E-state index in [0.29, 0.717) is 5.52 Å². The van der Waals surface area contributed by atoms with Gasteiger partial charge in [-0.25, -0.2) is 4.98 Å². The second-order valence-corrected chi connectivity index (χ2v) is 7.95. The van der Waals surface area contributed by atoms with Crippen LogP contribution in [0.25, 0.3) is 10.9 Å². The Morgan fingerprint density at radius 1 is 0.844 bits per heavy atom. The predicted molar refractivity (Wildman–Crippen MR) is 132 cm³/mol. The van der Waals surface area contributed by atoms with E-state index in [1.165, 1.54) is 5.69 Å². The summed E-state index contributed by atoms with van der Waals surface area (Å²) in [6.45, 7) is 6.50. The standard InChI is InChI=1S/C27H30N4O/c1-3-18-31(19-4-2)22-13-10-21(11-14-22)25(30-24-9-5-6-16-28-24)23-15-12-20-8-7-17-29-26(20)27(23)32/h5-17,25,32H,3-4,18-19H2,1-2H3,(H,28,30). The number of aromatic nitrogens is 2. The molecular formula is C27H30N4O. The van der Waals surface area contributed by atoms with E-state index >= 15 is 0 Å². The third kappa shape index (κ3) is 4.67. The van der Waals surface area contributed by atoms with Crippen LogP contribution in [-0.4, -0.2) is 28.2 Å². The van der Waals surface area contributed by atoms with E-state index in [1.807, 2.05) is 42.5 Å². The van der Waals surface area contributed by atoms with E-state index in [1.54, 1.807) is 12.4 Å². The van der Waals surface area contributed by atoms with Crippen LogP contribution in [0.3, 0.4) is 0 Å². The maximum atomic E-state index is 11.1. The minimum Gasteiger partial charge on any atom is -0.505 e. The molecule has 5 nitrogen and oxygen atoms in total. The maximum Gasteiger partial charge on any atom is 0.147 e. The number of hydrogen-bond acceptors (Lipinski definition) is 5. The van der Waals surface area contributed by atoms with Crippen LogP contribution in [0.5, 0.6) is 5.75 Å². The van der Waals surface area contributed by atoms with Gasteiger partial charge in [-0.1, -0.05) is 50.2 Å². The Morgan fingerprint density at radius 3 is 2.28 bits per heavy atom. The number of phenolic OH excluding ortho intramolecular Hbond substituents is 1. The molecule has 0 aliphatic rings. The minimum atomic E-state index is -0.267. The van der Waals surface area contributed by atoms with E-state index < -0.39 is 0 Å². The highest BCUT2D eigenvalue weighted by Crippen LogP contribution is 2.36. The summed E-state index contributed by atoms with van der Waals surface area (Å²) in [5, 5.41) is 15.5.